The van der Waals surface area contributed by atoms with Gasteiger partial charge >= 0.3 is 5.69 Å². The third kappa shape index (κ3) is 4.24. The summed E-state index contributed by atoms with van der Waals surface area (Å²) in [5.74, 6) is 0. The number of aliphatic hydroxyl groups is 3. The Hall–Kier alpha value is -2.85. The molecule has 4 atom stereocenters. The Bertz CT molecular complexity index is 1170. The maximum Gasteiger partial charge on any atom is 0.333 e. The molecule has 2 aromatic rings. The molecule has 0 saturated carbocycles. The van der Waals surface area contributed by atoms with Crippen LogP contribution in [0.2, 0.25) is 0 Å². The smallest absolute Gasteiger partial charge is 0.333 e. The van der Waals surface area contributed by atoms with E-state index in [-0.39, 0.29) is 19.6 Å². The molecule has 170 valence electrons. The number of pyridine rings is 1. The third-order valence-corrected chi connectivity index (χ3v) is 5.91. The third-order valence-electron chi connectivity index (χ3n) is 5.91. The SMILES string of the molecule is Cc1cnc(Cn2c(=O)ccn(C3OC(CCO)C(O)C3O)c2=O)cc1C1=CCCC=C1. The second kappa shape index (κ2) is 9.33. The summed E-state index contributed by atoms with van der Waals surface area (Å²) in [6.07, 6.45) is 6.76. The molecule has 4 rings (SSSR count). The van der Waals surface area contributed by atoms with Crippen LogP contribution in [0, 0.1) is 6.92 Å². The number of allylic oxidation sites excluding steroid dienone is 4. The zero-order valence-corrected chi connectivity index (χ0v) is 17.8. The van der Waals surface area contributed by atoms with Gasteiger partial charge in [0.05, 0.1) is 18.3 Å². The van der Waals surface area contributed by atoms with Crippen LogP contribution in [0.5, 0.6) is 0 Å². The molecule has 2 aromatic heterocycles. The van der Waals surface area contributed by atoms with Gasteiger partial charge in [0.15, 0.2) is 6.23 Å². The Balaban J connectivity index is 1.66. The summed E-state index contributed by atoms with van der Waals surface area (Å²) in [7, 11) is 0. The predicted molar refractivity (Wildman–Crippen MR) is 117 cm³/mol. The molecule has 3 heterocycles. The maximum atomic E-state index is 13.1. The summed E-state index contributed by atoms with van der Waals surface area (Å²) < 4.78 is 7.72. The molecule has 9 nitrogen and oxygen atoms in total. The molecule has 32 heavy (non-hydrogen) atoms. The van der Waals surface area contributed by atoms with E-state index in [1.807, 2.05) is 13.0 Å². The minimum absolute atomic E-state index is 0.0474. The second-order valence-corrected chi connectivity index (χ2v) is 8.12. The summed E-state index contributed by atoms with van der Waals surface area (Å²) >= 11 is 0. The molecule has 1 aliphatic heterocycles. The minimum atomic E-state index is -1.37. The fourth-order valence-electron chi connectivity index (χ4n) is 4.14. The van der Waals surface area contributed by atoms with Gasteiger partial charge in [-0.15, -0.1) is 0 Å². The zero-order valence-electron chi connectivity index (χ0n) is 17.8. The fourth-order valence-corrected chi connectivity index (χ4v) is 4.14. The summed E-state index contributed by atoms with van der Waals surface area (Å²) in [5, 5.41) is 29.6. The number of nitrogens with zero attached hydrogens (tertiary/aromatic N) is 3. The van der Waals surface area contributed by atoms with Crippen LogP contribution in [0.4, 0.5) is 0 Å². The van der Waals surface area contributed by atoms with E-state index in [1.165, 1.54) is 12.3 Å². The van der Waals surface area contributed by atoms with Crippen molar-refractivity contribution in [3.8, 4) is 0 Å². The molecule has 1 aliphatic carbocycles. The van der Waals surface area contributed by atoms with Crippen molar-refractivity contribution in [3.05, 3.63) is 80.4 Å². The Morgan fingerprint density at radius 1 is 1.22 bits per heavy atom. The number of aromatic nitrogens is 3. The van der Waals surface area contributed by atoms with Gasteiger partial charge in [0, 0.05) is 25.1 Å². The lowest BCUT2D eigenvalue weighted by Crippen LogP contribution is -2.43. The van der Waals surface area contributed by atoms with Gasteiger partial charge in [0.2, 0.25) is 0 Å². The Morgan fingerprint density at radius 3 is 2.75 bits per heavy atom. The van der Waals surface area contributed by atoms with Crippen LogP contribution in [0.25, 0.3) is 5.57 Å². The van der Waals surface area contributed by atoms with E-state index >= 15 is 0 Å². The van der Waals surface area contributed by atoms with Crippen molar-refractivity contribution in [2.75, 3.05) is 6.61 Å². The average Bonchev–Trinajstić information content (AvgIpc) is 3.07. The van der Waals surface area contributed by atoms with E-state index in [0.717, 1.165) is 38.7 Å². The lowest BCUT2D eigenvalue weighted by Gasteiger charge is -2.19. The minimum Gasteiger partial charge on any atom is -0.396 e. The largest absolute Gasteiger partial charge is 0.396 e. The Kier molecular flexibility index (Phi) is 6.52. The highest BCUT2D eigenvalue weighted by molar-refractivity contribution is 5.76. The number of ether oxygens (including phenoxy) is 1. The van der Waals surface area contributed by atoms with Gasteiger partial charge in [-0.25, -0.2) is 4.79 Å². The van der Waals surface area contributed by atoms with Gasteiger partial charge in [-0.1, -0.05) is 18.2 Å². The van der Waals surface area contributed by atoms with E-state index < -0.39 is 35.8 Å². The number of hydrogen-bond acceptors (Lipinski definition) is 7. The summed E-state index contributed by atoms with van der Waals surface area (Å²) in [4.78, 5) is 30.0. The lowest BCUT2D eigenvalue weighted by molar-refractivity contribution is -0.0458. The van der Waals surface area contributed by atoms with Gasteiger partial charge in [-0.3, -0.25) is 18.9 Å². The highest BCUT2D eigenvalue weighted by Gasteiger charge is 2.43. The molecule has 1 fully saturated rings. The molecule has 4 unspecified atom stereocenters. The van der Waals surface area contributed by atoms with Gasteiger partial charge in [0.1, 0.15) is 12.2 Å². The van der Waals surface area contributed by atoms with Crippen molar-refractivity contribution in [1.82, 2.24) is 14.1 Å². The number of rotatable bonds is 6. The van der Waals surface area contributed by atoms with Crippen molar-refractivity contribution in [2.45, 2.75) is 57.3 Å². The molecule has 0 spiro atoms. The first-order chi connectivity index (χ1) is 15.4. The Morgan fingerprint density at radius 2 is 2.03 bits per heavy atom. The zero-order chi connectivity index (χ0) is 22.8. The van der Waals surface area contributed by atoms with Gasteiger partial charge in [-0.2, -0.15) is 0 Å². The average molecular weight is 441 g/mol. The summed E-state index contributed by atoms with van der Waals surface area (Å²) in [5.41, 5.74) is 2.44. The molecule has 0 aromatic carbocycles. The number of hydrogen-bond donors (Lipinski definition) is 3. The van der Waals surface area contributed by atoms with E-state index in [4.69, 9.17) is 9.84 Å². The van der Waals surface area contributed by atoms with Crippen molar-refractivity contribution < 1.29 is 20.1 Å². The molecule has 2 aliphatic rings. The summed E-state index contributed by atoms with van der Waals surface area (Å²) in [6, 6.07) is 3.09. The van der Waals surface area contributed by atoms with Crippen LogP contribution in [0.3, 0.4) is 0 Å². The second-order valence-electron chi connectivity index (χ2n) is 8.12. The monoisotopic (exact) mass is 441 g/mol. The normalized spacial score (nSPS) is 25.2. The molecule has 0 radical (unpaired) electrons. The van der Waals surface area contributed by atoms with E-state index in [0.29, 0.717) is 5.69 Å². The quantitative estimate of drug-likeness (QED) is 0.596. The van der Waals surface area contributed by atoms with Crippen LogP contribution >= 0.6 is 0 Å². The molecule has 0 amide bonds. The first-order valence-electron chi connectivity index (χ1n) is 10.7. The van der Waals surface area contributed by atoms with E-state index in [9.17, 15) is 19.8 Å². The standard InChI is InChI=1S/C23H27N3O6/c1-14-12-24-16(11-17(14)15-5-3-2-4-6-15)13-26-19(28)7-9-25(23(26)31)22-21(30)20(29)18(32-22)8-10-27/h3,5-7,9,11-12,18,20-22,27,29-30H,2,4,8,10,13H2,1H3. The van der Waals surface area contributed by atoms with Gasteiger partial charge in [0.25, 0.3) is 5.56 Å². The van der Waals surface area contributed by atoms with Crippen LogP contribution < -0.4 is 11.2 Å². The van der Waals surface area contributed by atoms with E-state index in [2.05, 4.69) is 23.2 Å². The van der Waals surface area contributed by atoms with Crippen molar-refractivity contribution in [3.63, 3.8) is 0 Å². The molecular weight excluding hydrogens is 414 g/mol. The first kappa shape index (κ1) is 22.3. The topological polar surface area (TPSA) is 127 Å². The molecule has 0 bridgehead atoms. The van der Waals surface area contributed by atoms with Crippen LogP contribution in [-0.2, 0) is 11.3 Å². The van der Waals surface area contributed by atoms with Crippen molar-refractivity contribution >= 4 is 5.57 Å². The lowest BCUT2D eigenvalue weighted by atomic mass is 9.96. The summed E-state index contributed by atoms with van der Waals surface area (Å²) in [6.45, 7) is 1.68. The fraction of sp³-hybridized carbons (Fsp3) is 0.435. The van der Waals surface area contributed by atoms with Crippen LogP contribution in [0.15, 0.2) is 52.3 Å². The predicted octanol–water partition coefficient (Wildman–Crippen LogP) is 0.497. The van der Waals surface area contributed by atoms with Gasteiger partial charge in [-0.05, 0) is 49.0 Å². The Labute approximate surface area is 184 Å². The van der Waals surface area contributed by atoms with Gasteiger partial charge < -0.3 is 20.1 Å². The molecular formula is C23H27N3O6. The van der Waals surface area contributed by atoms with Crippen LogP contribution in [-0.4, -0.2) is 54.4 Å². The van der Waals surface area contributed by atoms with Crippen molar-refractivity contribution in [1.29, 1.82) is 0 Å². The number of aryl methyl sites for hydroxylation is 1. The maximum absolute atomic E-state index is 13.1. The van der Waals surface area contributed by atoms with Crippen molar-refractivity contribution in [2.24, 2.45) is 0 Å². The van der Waals surface area contributed by atoms with Crippen LogP contribution in [0.1, 0.15) is 42.3 Å². The molecule has 3 N–H and O–H groups in total. The number of aliphatic hydroxyl groups excluding tert-OH is 3. The highest BCUT2D eigenvalue weighted by atomic mass is 16.6. The molecule has 1 saturated heterocycles. The first-order valence-corrected chi connectivity index (χ1v) is 10.7. The van der Waals surface area contributed by atoms with E-state index in [1.54, 1.807) is 6.20 Å². The molecule has 9 heteroatoms. The highest BCUT2D eigenvalue weighted by Crippen LogP contribution is 2.30.